The molecule has 46 heavy (non-hydrogen) atoms. The predicted octanol–water partition coefficient (Wildman–Crippen LogP) is 9.82. The van der Waals surface area contributed by atoms with Crippen molar-refractivity contribution in [3.05, 3.63) is 115 Å². The summed E-state index contributed by atoms with van der Waals surface area (Å²) in [6.07, 6.45) is 2.35. The highest BCUT2D eigenvalue weighted by atomic mass is 15.4. The van der Waals surface area contributed by atoms with Crippen LogP contribution in [-0.4, -0.2) is 26.4 Å². The van der Waals surface area contributed by atoms with E-state index in [1.807, 2.05) is 0 Å². The molecule has 0 aromatic heterocycles. The van der Waals surface area contributed by atoms with Gasteiger partial charge in [0.25, 0.3) is 0 Å². The summed E-state index contributed by atoms with van der Waals surface area (Å²) in [5.74, 6) is 0. The second-order valence-electron chi connectivity index (χ2n) is 14.1. The molecule has 4 aromatic rings. The summed E-state index contributed by atoms with van der Waals surface area (Å²) in [5.41, 5.74) is 23.0. The number of unbranched alkanes of at least 4 members (excludes halogenated alkanes) is 1. The number of hydrogen-bond donors (Lipinski definition) is 0. The van der Waals surface area contributed by atoms with Gasteiger partial charge in [0.15, 0.2) is 0 Å². The highest BCUT2D eigenvalue weighted by Gasteiger charge is 2.29. The molecule has 0 spiro atoms. The summed E-state index contributed by atoms with van der Waals surface area (Å²) in [7, 11) is 0. The molecule has 2 aliphatic heterocycles. The van der Waals surface area contributed by atoms with Crippen LogP contribution in [0.4, 0.5) is 22.7 Å². The van der Waals surface area contributed by atoms with Crippen molar-refractivity contribution >= 4 is 22.7 Å². The molecular formula is C42H54N4. The van der Waals surface area contributed by atoms with E-state index in [0.29, 0.717) is 0 Å². The summed E-state index contributed by atoms with van der Waals surface area (Å²) in [5, 5.41) is 0. The normalized spacial score (nSPS) is 14.0. The molecule has 4 aromatic carbocycles. The van der Waals surface area contributed by atoms with E-state index in [0.717, 1.165) is 39.5 Å². The molecule has 0 aliphatic carbocycles. The molecule has 0 saturated carbocycles. The summed E-state index contributed by atoms with van der Waals surface area (Å²) >= 11 is 0. The van der Waals surface area contributed by atoms with Gasteiger partial charge in [0.2, 0.25) is 0 Å². The smallest absolute Gasteiger partial charge is 0.0907 e. The predicted molar refractivity (Wildman–Crippen MR) is 199 cm³/mol. The molecule has 2 aliphatic rings. The third-order valence-electron chi connectivity index (χ3n) is 11.9. The van der Waals surface area contributed by atoms with Crippen molar-refractivity contribution < 1.29 is 0 Å². The molecule has 0 bridgehead atoms. The largest absolute Gasteiger partial charge is 0.352 e. The third-order valence-corrected chi connectivity index (χ3v) is 11.9. The lowest BCUT2D eigenvalue weighted by Crippen LogP contribution is -2.33. The first-order valence-electron chi connectivity index (χ1n) is 17.3. The molecule has 0 atom stereocenters. The lowest BCUT2D eigenvalue weighted by Gasteiger charge is -2.26. The molecule has 0 saturated heterocycles. The van der Waals surface area contributed by atoms with Crippen molar-refractivity contribution in [3.63, 3.8) is 0 Å². The number of hydrogen-bond acceptors (Lipinski definition) is 4. The summed E-state index contributed by atoms with van der Waals surface area (Å²) in [6, 6.07) is 18.0. The second kappa shape index (κ2) is 12.7. The maximum atomic E-state index is 2.60. The number of anilines is 4. The van der Waals surface area contributed by atoms with Crippen LogP contribution in [0.3, 0.4) is 0 Å². The van der Waals surface area contributed by atoms with Crippen molar-refractivity contribution in [2.24, 2.45) is 0 Å². The molecule has 0 unspecified atom stereocenters. The Kier molecular flexibility index (Phi) is 8.85. The molecule has 0 radical (unpaired) electrons. The first-order valence-corrected chi connectivity index (χ1v) is 17.3. The van der Waals surface area contributed by atoms with Gasteiger partial charge in [-0.15, -0.1) is 0 Å². The third kappa shape index (κ3) is 5.54. The molecule has 2 heterocycles. The zero-order valence-electron chi connectivity index (χ0n) is 30.1. The van der Waals surface area contributed by atoms with Crippen LogP contribution >= 0.6 is 0 Å². The van der Waals surface area contributed by atoms with E-state index in [1.165, 1.54) is 102 Å². The average Bonchev–Trinajstić information content (AvgIpc) is 3.60. The van der Waals surface area contributed by atoms with Crippen molar-refractivity contribution in [1.82, 2.24) is 0 Å². The van der Waals surface area contributed by atoms with Gasteiger partial charge in [0.05, 0.1) is 36.1 Å². The lowest BCUT2D eigenvalue weighted by atomic mass is 9.89. The van der Waals surface area contributed by atoms with Gasteiger partial charge in [-0.05, 0) is 173 Å². The quantitative estimate of drug-likeness (QED) is 0.174. The Morgan fingerprint density at radius 2 is 0.630 bits per heavy atom. The zero-order valence-corrected chi connectivity index (χ0v) is 30.1. The summed E-state index contributed by atoms with van der Waals surface area (Å²) < 4.78 is 0. The van der Waals surface area contributed by atoms with Gasteiger partial charge in [-0.2, -0.15) is 0 Å². The SMILES string of the molecule is Cc1c(C)c(C)c(CN2CN(CCCCN3CN(Cc4c(C)c(C)c(C)c(C)c4C)c4ccccc43)c3ccccc32)c(C)c1C. The second-order valence-corrected chi connectivity index (χ2v) is 14.1. The average molecular weight is 615 g/mol. The fourth-order valence-corrected chi connectivity index (χ4v) is 7.98. The van der Waals surface area contributed by atoms with Gasteiger partial charge in [-0.1, -0.05) is 24.3 Å². The van der Waals surface area contributed by atoms with Crippen molar-refractivity contribution in [2.75, 3.05) is 46.0 Å². The number of benzene rings is 4. The Morgan fingerprint density at radius 3 is 0.935 bits per heavy atom. The van der Waals surface area contributed by atoms with Crippen molar-refractivity contribution in [1.29, 1.82) is 0 Å². The first-order chi connectivity index (χ1) is 22.0. The molecule has 0 N–H and O–H groups in total. The van der Waals surface area contributed by atoms with E-state index in [-0.39, 0.29) is 0 Å². The van der Waals surface area contributed by atoms with Crippen LogP contribution in [0.15, 0.2) is 48.5 Å². The van der Waals surface area contributed by atoms with Crippen LogP contribution < -0.4 is 19.6 Å². The van der Waals surface area contributed by atoms with E-state index in [1.54, 1.807) is 0 Å². The maximum Gasteiger partial charge on any atom is 0.0907 e. The van der Waals surface area contributed by atoms with E-state index < -0.39 is 0 Å². The van der Waals surface area contributed by atoms with Crippen LogP contribution in [0.25, 0.3) is 0 Å². The Morgan fingerprint density at radius 1 is 0.370 bits per heavy atom. The Hall–Kier alpha value is -3.92. The van der Waals surface area contributed by atoms with Crippen molar-refractivity contribution in [2.45, 2.75) is 95.2 Å². The van der Waals surface area contributed by atoms with E-state index in [9.17, 15) is 0 Å². The Labute approximate surface area is 278 Å². The van der Waals surface area contributed by atoms with Crippen LogP contribution in [0.2, 0.25) is 0 Å². The molecule has 4 nitrogen and oxygen atoms in total. The van der Waals surface area contributed by atoms with E-state index in [2.05, 4.69) is 137 Å². The Balaban J connectivity index is 1.11. The lowest BCUT2D eigenvalue weighted by molar-refractivity contribution is 0.659. The molecule has 0 amide bonds. The monoisotopic (exact) mass is 614 g/mol. The topological polar surface area (TPSA) is 13.0 Å². The van der Waals surface area contributed by atoms with Gasteiger partial charge in [-0.3, -0.25) is 0 Å². The highest BCUT2D eigenvalue weighted by Crippen LogP contribution is 2.40. The van der Waals surface area contributed by atoms with E-state index >= 15 is 0 Å². The molecular weight excluding hydrogens is 560 g/mol. The van der Waals surface area contributed by atoms with Gasteiger partial charge >= 0.3 is 0 Å². The molecule has 242 valence electrons. The van der Waals surface area contributed by atoms with Crippen LogP contribution in [0, 0.1) is 69.2 Å². The van der Waals surface area contributed by atoms with Gasteiger partial charge in [0.1, 0.15) is 0 Å². The number of fused-ring (bicyclic) bond motifs is 2. The maximum absolute atomic E-state index is 2.60. The summed E-state index contributed by atoms with van der Waals surface area (Å²) in [6.45, 7) is 28.9. The van der Waals surface area contributed by atoms with E-state index in [4.69, 9.17) is 0 Å². The minimum Gasteiger partial charge on any atom is -0.352 e. The summed E-state index contributed by atoms with van der Waals surface area (Å²) in [4.78, 5) is 10.4. The number of rotatable bonds is 9. The van der Waals surface area contributed by atoms with Crippen LogP contribution in [-0.2, 0) is 13.1 Å². The fourth-order valence-electron chi connectivity index (χ4n) is 7.98. The minimum atomic E-state index is 0.957. The van der Waals surface area contributed by atoms with Gasteiger partial charge in [-0.25, -0.2) is 0 Å². The number of para-hydroxylation sites is 4. The first kappa shape index (κ1) is 32.0. The standard InChI is InChI=1S/C42H54N4/c1-27-29(3)33(7)37(34(8)30(27)4)23-45-25-43(39-17-11-13-19-41(39)45)21-15-16-22-44-26-46(42-20-14-12-18-40(42)44)24-38-35(9)31(5)28(2)32(6)36(38)10/h11-14,17-20H,15-16,21-26H2,1-10H3. The minimum absolute atomic E-state index is 0.957. The molecule has 0 fully saturated rings. The van der Waals surface area contributed by atoms with Crippen LogP contribution in [0.1, 0.15) is 79.6 Å². The fraction of sp³-hybridized carbons (Fsp3) is 0.429. The molecule has 6 rings (SSSR count). The molecule has 4 heteroatoms. The van der Waals surface area contributed by atoms with Gasteiger partial charge < -0.3 is 19.6 Å². The van der Waals surface area contributed by atoms with Crippen molar-refractivity contribution in [3.8, 4) is 0 Å². The zero-order chi connectivity index (χ0) is 32.9. The Bertz CT molecular complexity index is 1590. The highest BCUT2D eigenvalue weighted by molar-refractivity contribution is 5.77. The number of nitrogens with zero attached hydrogens (tertiary/aromatic N) is 4. The van der Waals surface area contributed by atoms with Crippen LogP contribution in [0.5, 0.6) is 0 Å². The van der Waals surface area contributed by atoms with Gasteiger partial charge in [0, 0.05) is 26.2 Å².